The van der Waals surface area contributed by atoms with Crippen molar-refractivity contribution in [3.63, 3.8) is 0 Å². The number of pyridine rings is 1. The smallest absolute Gasteiger partial charge is 0.270 e. The number of carbonyl (C=O) groups is 2. The van der Waals surface area contributed by atoms with Gasteiger partial charge in [0, 0.05) is 30.9 Å². The number of hydrogen-bond donors (Lipinski definition) is 2. The molecule has 7 nitrogen and oxygen atoms in total. The molecule has 0 spiro atoms. The van der Waals surface area contributed by atoms with E-state index in [-0.39, 0.29) is 11.8 Å². The molecule has 3 aromatic rings. The third-order valence-electron chi connectivity index (χ3n) is 4.45. The van der Waals surface area contributed by atoms with E-state index in [1.165, 1.54) is 0 Å². The number of hydrogen-bond acceptors (Lipinski definition) is 4. The average Bonchev–Trinajstić information content (AvgIpc) is 3.02. The molecule has 146 valence electrons. The summed E-state index contributed by atoms with van der Waals surface area (Å²) in [5.74, 6) is 0.386. The molecule has 0 atom stereocenters. The SMILES string of the molecule is COc1cccc(NC(=O)CCCNC(=O)c2c(C)nc3c(C)cccn23)c1. The number of methoxy groups -OCH3 is 1. The standard InChI is InChI=1S/C21H24N4O3/c1-14-7-6-12-25-19(15(2)23-20(14)25)21(27)22-11-5-10-18(26)24-16-8-4-9-17(13-16)28-3/h4,6-9,12-13H,5,10-11H2,1-3H3,(H,22,27)(H,24,26). The number of rotatable bonds is 7. The van der Waals surface area contributed by atoms with E-state index in [4.69, 9.17) is 4.74 Å². The lowest BCUT2D eigenvalue weighted by Crippen LogP contribution is -2.27. The van der Waals surface area contributed by atoms with Gasteiger partial charge in [0.05, 0.1) is 12.8 Å². The number of carbonyl (C=O) groups excluding carboxylic acids is 2. The quantitative estimate of drug-likeness (QED) is 0.617. The average molecular weight is 380 g/mol. The molecule has 0 fully saturated rings. The lowest BCUT2D eigenvalue weighted by Gasteiger charge is -2.08. The van der Waals surface area contributed by atoms with Gasteiger partial charge in [0.15, 0.2) is 0 Å². The summed E-state index contributed by atoms with van der Waals surface area (Å²) < 4.78 is 6.94. The van der Waals surface area contributed by atoms with Gasteiger partial charge < -0.3 is 15.4 Å². The van der Waals surface area contributed by atoms with Crippen LogP contribution < -0.4 is 15.4 Å². The van der Waals surface area contributed by atoms with Gasteiger partial charge in [-0.25, -0.2) is 4.98 Å². The van der Waals surface area contributed by atoms with Gasteiger partial charge in [0.1, 0.15) is 17.1 Å². The van der Waals surface area contributed by atoms with E-state index >= 15 is 0 Å². The van der Waals surface area contributed by atoms with Gasteiger partial charge in [-0.3, -0.25) is 14.0 Å². The van der Waals surface area contributed by atoms with Crippen LogP contribution >= 0.6 is 0 Å². The normalized spacial score (nSPS) is 10.7. The maximum absolute atomic E-state index is 12.6. The van der Waals surface area contributed by atoms with Crippen molar-refractivity contribution >= 4 is 23.1 Å². The number of amides is 2. The zero-order valence-corrected chi connectivity index (χ0v) is 16.3. The van der Waals surface area contributed by atoms with Crippen LogP contribution in [-0.2, 0) is 4.79 Å². The summed E-state index contributed by atoms with van der Waals surface area (Å²) in [5, 5.41) is 5.70. The molecule has 0 radical (unpaired) electrons. The maximum Gasteiger partial charge on any atom is 0.270 e. The fraction of sp³-hybridized carbons (Fsp3) is 0.286. The van der Waals surface area contributed by atoms with Crippen molar-refractivity contribution in [2.75, 3.05) is 19.0 Å². The molecule has 3 rings (SSSR count). The van der Waals surface area contributed by atoms with Crippen LogP contribution in [0.1, 0.15) is 34.6 Å². The van der Waals surface area contributed by atoms with Crippen LogP contribution in [0.4, 0.5) is 5.69 Å². The first kappa shape index (κ1) is 19.4. The monoisotopic (exact) mass is 380 g/mol. The van der Waals surface area contributed by atoms with Crippen LogP contribution in [-0.4, -0.2) is 34.9 Å². The van der Waals surface area contributed by atoms with E-state index < -0.39 is 0 Å². The molecule has 2 N–H and O–H groups in total. The summed E-state index contributed by atoms with van der Waals surface area (Å²) in [6.45, 7) is 4.19. The van der Waals surface area contributed by atoms with E-state index in [1.807, 2.05) is 44.3 Å². The summed E-state index contributed by atoms with van der Waals surface area (Å²) in [6, 6.07) is 11.0. The molecule has 2 amide bonds. The zero-order valence-electron chi connectivity index (χ0n) is 16.3. The molecule has 0 bridgehead atoms. The van der Waals surface area contributed by atoms with Gasteiger partial charge in [0.25, 0.3) is 5.91 Å². The van der Waals surface area contributed by atoms with Crippen molar-refractivity contribution < 1.29 is 14.3 Å². The number of aryl methyl sites for hydroxylation is 2. The molecule has 2 aromatic heterocycles. The first-order chi connectivity index (χ1) is 13.5. The van der Waals surface area contributed by atoms with Crippen molar-refractivity contribution in [1.29, 1.82) is 0 Å². The van der Waals surface area contributed by atoms with E-state index in [2.05, 4.69) is 15.6 Å². The molecule has 1 aromatic carbocycles. The number of ether oxygens (including phenoxy) is 1. The van der Waals surface area contributed by atoms with Crippen LogP contribution in [0.5, 0.6) is 5.75 Å². The Labute approximate surface area is 163 Å². The summed E-state index contributed by atoms with van der Waals surface area (Å²) in [7, 11) is 1.58. The Hall–Kier alpha value is -3.35. The van der Waals surface area contributed by atoms with Gasteiger partial charge in [-0.05, 0) is 44.0 Å². The molecule has 28 heavy (non-hydrogen) atoms. The zero-order chi connectivity index (χ0) is 20.1. The molecule has 0 aliphatic heterocycles. The summed E-state index contributed by atoms with van der Waals surface area (Å²) >= 11 is 0. The molecule has 0 unspecified atom stereocenters. The Kier molecular flexibility index (Phi) is 5.93. The Balaban J connectivity index is 1.51. The second-order valence-electron chi connectivity index (χ2n) is 6.57. The molecule has 7 heteroatoms. The highest BCUT2D eigenvalue weighted by Gasteiger charge is 2.17. The lowest BCUT2D eigenvalue weighted by molar-refractivity contribution is -0.116. The number of nitrogens with zero attached hydrogens (tertiary/aromatic N) is 2. The van der Waals surface area contributed by atoms with Crippen molar-refractivity contribution in [1.82, 2.24) is 14.7 Å². The summed E-state index contributed by atoms with van der Waals surface area (Å²) in [5.41, 5.74) is 3.69. The van der Waals surface area contributed by atoms with E-state index in [9.17, 15) is 9.59 Å². The molecule has 0 saturated heterocycles. The highest BCUT2D eigenvalue weighted by Crippen LogP contribution is 2.17. The Morgan fingerprint density at radius 1 is 1.18 bits per heavy atom. The molecular weight excluding hydrogens is 356 g/mol. The van der Waals surface area contributed by atoms with Crippen molar-refractivity contribution in [3.8, 4) is 5.75 Å². The topological polar surface area (TPSA) is 84.7 Å². The highest BCUT2D eigenvalue weighted by molar-refractivity contribution is 5.95. The van der Waals surface area contributed by atoms with Crippen LogP contribution in [0, 0.1) is 13.8 Å². The van der Waals surface area contributed by atoms with Crippen molar-refractivity contribution in [2.24, 2.45) is 0 Å². The first-order valence-electron chi connectivity index (χ1n) is 9.16. The van der Waals surface area contributed by atoms with Gasteiger partial charge in [0.2, 0.25) is 5.91 Å². The van der Waals surface area contributed by atoms with Gasteiger partial charge in [-0.15, -0.1) is 0 Å². The number of imidazole rings is 1. The van der Waals surface area contributed by atoms with E-state index in [0.29, 0.717) is 42.2 Å². The van der Waals surface area contributed by atoms with Crippen LogP contribution in [0.25, 0.3) is 5.65 Å². The minimum atomic E-state index is -0.191. The Morgan fingerprint density at radius 3 is 2.79 bits per heavy atom. The number of anilines is 1. The predicted octanol–water partition coefficient (Wildman–Crippen LogP) is 3.11. The van der Waals surface area contributed by atoms with Gasteiger partial charge in [-0.1, -0.05) is 12.1 Å². The highest BCUT2D eigenvalue weighted by atomic mass is 16.5. The van der Waals surface area contributed by atoms with E-state index in [1.54, 1.807) is 23.6 Å². The number of benzene rings is 1. The largest absolute Gasteiger partial charge is 0.497 e. The minimum absolute atomic E-state index is 0.107. The third-order valence-corrected chi connectivity index (χ3v) is 4.45. The number of aromatic nitrogens is 2. The summed E-state index contributed by atoms with van der Waals surface area (Å²) in [6.07, 6.45) is 2.68. The molecule has 0 saturated carbocycles. The third kappa shape index (κ3) is 4.31. The molecule has 0 aliphatic carbocycles. The second kappa shape index (κ2) is 8.56. The maximum atomic E-state index is 12.6. The fourth-order valence-corrected chi connectivity index (χ4v) is 3.05. The fourth-order valence-electron chi connectivity index (χ4n) is 3.05. The van der Waals surface area contributed by atoms with Gasteiger partial charge >= 0.3 is 0 Å². The van der Waals surface area contributed by atoms with Crippen molar-refractivity contribution in [3.05, 3.63) is 59.5 Å². The van der Waals surface area contributed by atoms with E-state index in [0.717, 1.165) is 11.2 Å². The lowest BCUT2D eigenvalue weighted by atomic mass is 10.2. The van der Waals surface area contributed by atoms with Crippen molar-refractivity contribution in [2.45, 2.75) is 26.7 Å². The molecule has 0 aliphatic rings. The van der Waals surface area contributed by atoms with Gasteiger partial charge in [-0.2, -0.15) is 0 Å². The summed E-state index contributed by atoms with van der Waals surface area (Å²) in [4.78, 5) is 29.1. The van der Waals surface area contributed by atoms with Crippen LogP contribution in [0.15, 0.2) is 42.6 Å². The predicted molar refractivity (Wildman–Crippen MR) is 108 cm³/mol. The minimum Gasteiger partial charge on any atom is -0.497 e. The Morgan fingerprint density at radius 2 is 2.00 bits per heavy atom. The van der Waals surface area contributed by atoms with Crippen LogP contribution in [0.3, 0.4) is 0 Å². The molecular formula is C21H24N4O3. The number of fused-ring (bicyclic) bond motifs is 1. The first-order valence-corrected chi connectivity index (χ1v) is 9.16. The number of nitrogens with one attached hydrogen (secondary N) is 2. The Bertz CT molecular complexity index is 1010. The van der Waals surface area contributed by atoms with Crippen LogP contribution in [0.2, 0.25) is 0 Å². The molecule has 2 heterocycles. The second-order valence-corrected chi connectivity index (χ2v) is 6.57.